The summed E-state index contributed by atoms with van der Waals surface area (Å²) in [5.74, 6) is 1.48. The van der Waals surface area contributed by atoms with Gasteiger partial charge in [0.2, 0.25) is 0 Å². The van der Waals surface area contributed by atoms with E-state index in [0.29, 0.717) is 5.92 Å². The van der Waals surface area contributed by atoms with Crippen LogP contribution in [-0.4, -0.2) is 19.2 Å². The third-order valence-corrected chi connectivity index (χ3v) is 2.59. The Labute approximate surface area is 105 Å². The Bertz CT molecular complexity index is 347. The molecule has 0 radical (unpaired) electrons. The molecule has 1 atom stereocenters. The van der Waals surface area contributed by atoms with E-state index in [1.807, 2.05) is 18.2 Å². The lowest BCUT2D eigenvalue weighted by Crippen LogP contribution is -2.29. The minimum atomic E-state index is 0.162. The number of hydrogen-bond acceptors (Lipinski definition) is 2. The van der Waals surface area contributed by atoms with E-state index in [9.17, 15) is 0 Å². The van der Waals surface area contributed by atoms with Gasteiger partial charge >= 0.3 is 0 Å². The van der Waals surface area contributed by atoms with Crippen LogP contribution in [0.15, 0.2) is 36.9 Å². The maximum Gasteiger partial charge on any atom is 0.123 e. The van der Waals surface area contributed by atoms with Crippen molar-refractivity contribution in [3.8, 4) is 5.75 Å². The predicted molar refractivity (Wildman–Crippen MR) is 73.7 cm³/mol. The average Bonchev–Trinajstić information content (AvgIpc) is 2.29. The maximum atomic E-state index is 5.96. The Morgan fingerprint density at radius 2 is 2.00 bits per heavy atom. The third-order valence-electron chi connectivity index (χ3n) is 2.59. The summed E-state index contributed by atoms with van der Waals surface area (Å²) >= 11 is 0. The second-order valence-corrected chi connectivity index (χ2v) is 4.57. The highest BCUT2D eigenvalue weighted by Crippen LogP contribution is 2.26. The molecule has 0 aromatic heterocycles. The van der Waals surface area contributed by atoms with Crippen LogP contribution in [0.3, 0.4) is 0 Å². The highest BCUT2D eigenvalue weighted by atomic mass is 16.5. The SMILES string of the molecule is C=CCNCC(C)Oc1ccccc1C(C)C. The molecule has 1 rings (SSSR count). The summed E-state index contributed by atoms with van der Waals surface area (Å²) in [7, 11) is 0. The first-order valence-electron chi connectivity index (χ1n) is 6.22. The normalized spacial score (nSPS) is 12.5. The summed E-state index contributed by atoms with van der Waals surface area (Å²) in [6.45, 7) is 11.8. The molecule has 0 fully saturated rings. The number of para-hydroxylation sites is 1. The van der Waals surface area contributed by atoms with Gasteiger partial charge in [0.25, 0.3) is 0 Å². The van der Waals surface area contributed by atoms with E-state index in [-0.39, 0.29) is 6.10 Å². The minimum Gasteiger partial charge on any atom is -0.489 e. The van der Waals surface area contributed by atoms with Crippen molar-refractivity contribution in [3.05, 3.63) is 42.5 Å². The molecule has 1 unspecified atom stereocenters. The lowest BCUT2D eigenvalue weighted by atomic mass is 10.0. The van der Waals surface area contributed by atoms with Gasteiger partial charge in [0.1, 0.15) is 11.9 Å². The lowest BCUT2D eigenvalue weighted by molar-refractivity contribution is 0.216. The van der Waals surface area contributed by atoms with Gasteiger partial charge in [-0.2, -0.15) is 0 Å². The third kappa shape index (κ3) is 4.61. The van der Waals surface area contributed by atoms with Gasteiger partial charge in [-0.15, -0.1) is 6.58 Å². The number of nitrogens with one attached hydrogen (secondary N) is 1. The Balaban J connectivity index is 2.58. The molecular formula is C15H23NO. The number of ether oxygens (including phenoxy) is 1. The molecule has 0 aliphatic heterocycles. The average molecular weight is 233 g/mol. The highest BCUT2D eigenvalue weighted by molar-refractivity contribution is 5.35. The molecule has 94 valence electrons. The molecule has 2 heteroatoms. The van der Waals surface area contributed by atoms with Crippen molar-refractivity contribution in [2.24, 2.45) is 0 Å². The van der Waals surface area contributed by atoms with E-state index in [4.69, 9.17) is 4.74 Å². The van der Waals surface area contributed by atoms with Crippen molar-refractivity contribution in [1.82, 2.24) is 5.32 Å². The van der Waals surface area contributed by atoms with Crippen molar-refractivity contribution in [2.45, 2.75) is 32.8 Å². The quantitative estimate of drug-likeness (QED) is 0.576. The monoisotopic (exact) mass is 233 g/mol. The molecule has 1 aromatic carbocycles. The standard InChI is InChI=1S/C15H23NO/c1-5-10-16-11-13(4)17-15-9-7-6-8-14(15)12(2)3/h5-9,12-13,16H,1,10-11H2,2-4H3. The van der Waals surface area contributed by atoms with Gasteiger partial charge in [0.15, 0.2) is 0 Å². The highest BCUT2D eigenvalue weighted by Gasteiger charge is 2.09. The van der Waals surface area contributed by atoms with Gasteiger partial charge in [-0.3, -0.25) is 0 Å². The topological polar surface area (TPSA) is 21.3 Å². The summed E-state index contributed by atoms with van der Waals surface area (Å²) in [5.41, 5.74) is 1.27. The zero-order valence-electron chi connectivity index (χ0n) is 11.1. The van der Waals surface area contributed by atoms with Crippen molar-refractivity contribution in [3.63, 3.8) is 0 Å². The van der Waals surface area contributed by atoms with Crippen LogP contribution in [0.25, 0.3) is 0 Å². The van der Waals surface area contributed by atoms with E-state index < -0.39 is 0 Å². The van der Waals surface area contributed by atoms with Crippen LogP contribution in [0.2, 0.25) is 0 Å². The summed E-state index contributed by atoms with van der Waals surface area (Å²) in [4.78, 5) is 0. The van der Waals surface area contributed by atoms with Crippen molar-refractivity contribution < 1.29 is 4.74 Å². The largest absolute Gasteiger partial charge is 0.489 e. The molecule has 0 saturated carbocycles. The van der Waals surface area contributed by atoms with E-state index in [1.165, 1.54) is 5.56 Å². The zero-order valence-corrected chi connectivity index (χ0v) is 11.1. The van der Waals surface area contributed by atoms with Gasteiger partial charge in [0, 0.05) is 13.1 Å². The Morgan fingerprint density at radius 1 is 1.29 bits per heavy atom. The minimum absolute atomic E-state index is 0.162. The Hall–Kier alpha value is -1.28. The first-order chi connectivity index (χ1) is 8.15. The molecule has 0 aliphatic rings. The Kier molecular flexibility index (Phi) is 5.78. The van der Waals surface area contributed by atoms with Gasteiger partial charge in [-0.05, 0) is 24.5 Å². The molecule has 0 saturated heterocycles. The second kappa shape index (κ2) is 7.13. The fraction of sp³-hybridized carbons (Fsp3) is 0.467. The molecule has 0 heterocycles. The molecule has 1 N–H and O–H groups in total. The number of hydrogen-bond donors (Lipinski definition) is 1. The fourth-order valence-corrected chi connectivity index (χ4v) is 1.71. The van der Waals surface area contributed by atoms with Crippen molar-refractivity contribution in [1.29, 1.82) is 0 Å². The number of benzene rings is 1. The number of rotatable bonds is 7. The van der Waals surface area contributed by atoms with E-state index >= 15 is 0 Å². The van der Waals surface area contributed by atoms with Crippen LogP contribution in [0.1, 0.15) is 32.3 Å². The Morgan fingerprint density at radius 3 is 2.65 bits per heavy atom. The van der Waals surface area contributed by atoms with Crippen LogP contribution in [0.5, 0.6) is 5.75 Å². The van der Waals surface area contributed by atoms with E-state index in [2.05, 4.69) is 44.8 Å². The van der Waals surface area contributed by atoms with Crippen LogP contribution >= 0.6 is 0 Å². The molecule has 0 bridgehead atoms. The van der Waals surface area contributed by atoms with Crippen LogP contribution in [0.4, 0.5) is 0 Å². The van der Waals surface area contributed by atoms with Crippen LogP contribution in [-0.2, 0) is 0 Å². The summed E-state index contributed by atoms with van der Waals surface area (Å²) < 4.78 is 5.96. The van der Waals surface area contributed by atoms with Crippen LogP contribution < -0.4 is 10.1 Å². The summed E-state index contributed by atoms with van der Waals surface area (Å²) in [6, 6.07) is 8.25. The predicted octanol–water partition coefficient (Wildman–Crippen LogP) is 3.35. The molecule has 0 aliphatic carbocycles. The summed E-state index contributed by atoms with van der Waals surface area (Å²) in [5, 5.41) is 3.26. The van der Waals surface area contributed by atoms with Crippen molar-refractivity contribution in [2.75, 3.05) is 13.1 Å². The smallest absolute Gasteiger partial charge is 0.123 e. The van der Waals surface area contributed by atoms with Crippen molar-refractivity contribution >= 4 is 0 Å². The molecule has 2 nitrogen and oxygen atoms in total. The lowest BCUT2D eigenvalue weighted by Gasteiger charge is -2.19. The zero-order chi connectivity index (χ0) is 12.7. The van der Waals surface area contributed by atoms with Crippen LogP contribution in [0, 0.1) is 0 Å². The van der Waals surface area contributed by atoms with Gasteiger partial charge < -0.3 is 10.1 Å². The second-order valence-electron chi connectivity index (χ2n) is 4.57. The molecular weight excluding hydrogens is 210 g/mol. The first kappa shape index (κ1) is 13.8. The molecule has 0 spiro atoms. The van der Waals surface area contributed by atoms with Gasteiger partial charge in [-0.25, -0.2) is 0 Å². The fourth-order valence-electron chi connectivity index (χ4n) is 1.71. The molecule has 17 heavy (non-hydrogen) atoms. The maximum absolute atomic E-state index is 5.96. The van der Waals surface area contributed by atoms with Gasteiger partial charge in [0.05, 0.1) is 0 Å². The van der Waals surface area contributed by atoms with E-state index in [1.54, 1.807) is 0 Å². The molecule has 0 amide bonds. The van der Waals surface area contributed by atoms with Gasteiger partial charge in [-0.1, -0.05) is 38.1 Å². The first-order valence-corrected chi connectivity index (χ1v) is 6.22. The van der Waals surface area contributed by atoms with E-state index in [0.717, 1.165) is 18.8 Å². The summed E-state index contributed by atoms with van der Waals surface area (Å²) in [6.07, 6.45) is 2.02. The molecule has 1 aromatic rings.